The van der Waals surface area contributed by atoms with Gasteiger partial charge in [-0.25, -0.2) is 8.42 Å². The molecule has 1 aromatic rings. The van der Waals surface area contributed by atoms with Crippen LogP contribution in [0.4, 0.5) is 5.69 Å². The minimum Gasteiger partial charge on any atom is -0.323 e. The van der Waals surface area contributed by atoms with Crippen molar-refractivity contribution in [3.8, 4) is 0 Å². The highest BCUT2D eigenvalue weighted by molar-refractivity contribution is 7.94. The molecule has 1 N–H and O–H groups in total. The maximum absolute atomic E-state index is 12.7. The lowest BCUT2D eigenvalue weighted by Gasteiger charge is -2.33. The van der Waals surface area contributed by atoms with Crippen LogP contribution in [-0.4, -0.2) is 19.1 Å². The molecule has 18 heavy (non-hydrogen) atoms. The Morgan fingerprint density at radius 1 is 1.22 bits per heavy atom. The first-order valence-corrected chi connectivity index (χ1v) is 7.63. The zero-order valence-corrected chi connectivity index (χ0v) is 11.0. The van der Waals surface area contributed by atoms with Gasteiger partial charge in [0.2, 0.25) is 5.91 Å². The maximum Gasteiger partial charge on any atom is 0.246 e. The van der Waals surface area contributed by atoms with Crippen LogP contribution in [0.3, 0.4) is 0 Å². The number of carbonyl (C=O) groups is 1. The molecule has 0 bridgehead atoms. The second kappa shape index (κ2) is 3.57. The zero-order valence-electron chi connectivity index (χ0n) is 10.2. The highest BCUT2D eigenvalue weighted by atomic mass is 32.2. The molecule has 0 atom stereocenters. The van der Waals surface area contributed by atoms with Gasteiger partial charge in [0.05, 0.1) is 10.6 Å². The predicted octanol–water partition coefficient (Wildman–Crippen LogP) is 2.03. The number of amides is 1. The van der Waals surface area contributed by atoms with E-state index in [1.807, 2.05) is 0 Å². The van der Waals surface area contributed by atoms with Gasteiger partial charge in [-0.1, -0.05) is 25.0 Å². The summed E-state index contributed by atoms with van der Waals surface area (Å²) in [6.45, 7) is 1.81. The lowest BCUT2D eigenvalue weighted by Crippen LogP contribution is -2.50. The summed E-state index contributed by atoms with van der Waals surface area (Å²) in [5, 5.41) is 2.80. The first kappa shape index (κ1) is 11.7. The molecular weight excluding hydrogens is 250 g/mol. The lowest BCUT2D eigenvalue weighted by atomic mass is 10.0. The molecular formula is C13H15NO3S. The summed E-state index contributed by atoms with van der Waals surface area (Å²) < 4.78 is 24.2. The van der Waals surface area contributed by atoms with Crippen LogP contribution in [0.5, 0.6) is 0 Å². The van der Waals surface area contributed by atoms with E-state index in [2.05, 4.69) is 5.32 Å². The molecule has 1 amide bonds. The third-order valence-electron chi connectivity index (χ3n) is 4.10. The van der Waals surface area contributed by atoms with Crippen LogP contribution in [0, 0.1) is 6.92 Å². The van der Waals surface area contributed by atoms with E-state index >= 15 is 0 Å². The largest absolute Gasteiger partial charge is 0.323 e. The fraction of sp³-hybridized carbons (Fsp3) is 0.462. The van der Waals surface area contributed by atoms with Crippen molar-refractivity contribution in [2.45, 2.75) is 42.2 Å². The van der Waals surface area contributed by atoms with Crippen LogP contribution < -0.4 is 5.32 Å². The molecule has 0 saturated heterocycles. The molecule has 1 aromatic carbocycles. The summed E-state index contributed by atoms with van der Waals surface area (Å²) in [5.74, 6) is -0.346. The third kappa shape index (κ3) is 1.25. The van der Waals surface area contributed by atoms with Crippen molar-refractivity contribution in [1.29, 1.82) is 0 Å². The number of nitrogens with one attached hydrogen (secondary N) is 1. The van der Waals surface area contributed by atoms with Gasteiger partial charge < -0.3 is 5.32 Å². The monoisotopic (exact) mass is 265 g/mol. The van der Waals surface area contributed by atoms with Gasteiger partial charge >= 0.3 is 0 Å². The summed E-state index contributed by atoms with van der Waals surface area (Å²) in [4.78, 5) is 12.5. The average Bonchev–Trinajstić information content (AvgIpc) is 2.80. The van der Waals surface area contributed by atoms with Crippen molar-refractivity contribution in [2.75, 3.05) is 5.32 Å². The SMILES string of the molecule is Cc1cccc2c1NC(=O)C1(CCCC1)S2(=O)=O. The third-order valence-corrected chi connectivity index (χ3v) is 6.64. The fourth-order valence-electron chi connectivity index (χ4n) is 3.03. The molecule has 1 aliphatic heterocycles. The van der Waals surface area contributed by atoms with Crippen LogP contribution in [0.25, 0.3) is 0 Å². The summed E-state index contributed by atoms with van der Waals surface area (Å²) in [7, 11) is -3.57. The number of sulfone groups is 1. The standard InChI is InChI=1S/C13H15NO3S/c1-9-5-4-6-10-11(9)14-12(15)13(18(10,16)17)7-2-3-8-13/h4-6H,2-3,7-8H2,1H3,(H,14,15). The minimum absolute atomic E-state index is 0.281. The lowest BCUT2D eigenvalue weighted by molar-refractivity contribution is -0.118. The maximum atomic E-state index is 12.7. The first-order valence-electron chi connectivity index (χ1n) is 6.15. The van der Waals surface area contributed by atoms with Crippen molar-refractivity contribution in [2.24, 2.45) is 0 Å². The van der Waals surface area contributed by atoms with Gasteiger partial charge in [-0.3, -0.25) is 4.79 Å². The summed E-state index contributed by atoms with van der Waals surface area (Å²) >= 11 is 0. The topological polar surface area (TPSA) is 63.2 Å². The normalized spacial score (nSPS) is 23.7. The van der Waals surface area contributed by atoms with Gasteiger partial charge in [0, 0.05) is 0 Å². The molecule has 2 aliphatic rings. The van der Waals surface area contributed by atoms with Crippen LogP contribution in [0.1, 0.15) is 31.2 Å². The van der Waals surface area contributed by atoms with E-state index in [1.54, 1.807) is 25.1 Å². The molecule has 0 unspecified atom stereocenters. The smallest absolute Gasteiger partial charge is 0.246 e. The molecule has 1 spiro atoms. The molecule has 1 aliphatic carbocycles. The molecule has 0 radical (unpaired) electrons. The van der Waals surface area contributed by atoms with Gasteiger partial charge in [0.1, 0.15) is 0 Å². The van der Waals surface area contributed by atoms with E-state index in [9.17, 15) is 13.2 Å². The Hall–Kier alpha value is -1.36. The quantitative estimate of drug-likeness (QED) is 0.780. The molecule has 96 valence electrons. The van der Waals surface area contributed by atoms with E-state index in [1.165, 1.54) is 0 Å². The number of aryl methyl sites for hydroxylation is 1. The Labute approximate surface area is 106 Å². The fourth-order valence-corrected chi connectivity index (χ4v) is 5.31. The van der Waals surface area contributed by atoms with Crippen LogP contribution in [-0.2, 0) is 14.6 Å². The van der Waals surface area contributed by atoms with E-state index in [4.69, 9.17) is 0 Å². The Bertz CT molecular complexity index is 628. The van der Waals surface area contributed by atoms with Crippen molar-refractivity contribution < 1.29 is 13.2 Å². The minimum atomic E-state index is -3.57. The van der Waals surface area contributed by atoms with Gasteiger partial charge in [-0.2, -0.15) is 0 Å². The van der Waals surface area contributed by atoms with Crippen LogP contribution in [0.15, 0.2) is 23.1 Å². The number of hydrogen-bond acceptors (Lipinski definition) is 3. The summed E-state index contributed by atoms with van der Waals surface area (Å²) in [6.07, 6.45) is 2.48. The van der Waals surface area contributed by atoms with E-state index < -0.39 is 14.6 Å². The van der Waals surface area contributed by atoms with Crippen LogP contribution in [0.2, 0.25) is 0 Å². The molecule has 1 heterocycles. The number of benzene rings is 1. The van der Waals surface area contributed by atoms with Gasteiger partial charge in [-0.15, -0.1) is 0 Å². The molecule has 1 saturated carbocycles. The molecule has 0 aromatic heterocycles. The van der Waals surface area contributed by atoms with Crippen molar-refractivity contribution in [3.05, 3.63) is 23.8 Å². The van der Waals surface area contributed by atoms with E-state index in [-0.39, 0.29) is 10.8 Å². The Kier molecular flexibility index (Phi) is 2.32. The zero-order chi connectivity index (χ0) is 13.0. The highest BCUT2D eigenvalue weighted by Crippen LogP contribution is 2.46. The number of rotatable bonds is 0. The van der Waals surface area contributed by atoms with E-state index in [0.717, 1.165) is 18.4 Å². The molecule has 4 nitrogen and oxygen atoms in total. The van der Waals surface area contributed by atoms with Crippen molar-refractivity contribution in [3.63, 3.8) is 0 Å². The van der Waals surface area contributed by atoms with E-state index in [0.29, 0.717) is 18.5 Å². The van der Waals surface area contributed by atoms with Crippen molar-refractivity contribution >= 4 is 21.4 Å². The number of para-hydroxylation sites is 1. The van der Waals surface area contributed by atoms with Gasteiger partial charge in [0.25, 0.3) is 0 Å². The number of hydrogen-bond donors (Lipinski definition) is 1. The Balaban J connectivity index is 2.30. The molecule has 3 rings (SSSR count). The summed E-state index contributed by atoms with van der Waals surface area (Å²) in [6, 6.07) is 5.13. The second-order valence-corrected chi connectivity index (χ2v) is 7.34. The number of anilines is 1. The summed E-state index contributed by atoms with van der Waals surface area (Å²) in [5.41, 5.74) is 1.25. The highest BCUT2D eigenvalue weighted by Gasteiger charge is 2.56. The van der Waals surface area contributed by atoms with Crippen LogP contribution >= 0.6 is 0 Å². The first-order chi connectivity index (χ1) is 8.49. The van der Waals surface area contributed by atoms with Gasteiger partial charge in [0.15, 0.2) is 14.6 Å². The molecule has 5 heteroatoms. The van der Waals surface area contributed by atoms with Gasteiger partial charge in [-0.05, 0) is 31.4 Å². The second-order valence-electron chi connectivity index (χ2n) is 5.11. The van der Waals surface area contributed by atoms with Crippen molar-refractivity contribution in [1.82, 2.24) is 0 Å². The Morgan fingerprint density at radius 3 is 2.56 bits per heavy atom. The Morgan fingerprint density at radius 2 is 1.89 bits per heavy atom. The number of carbonyl (C=O) groups excluding carboxylic acids is 1. The molecule has 1 fully saturated rings. The average molecular weight is 265 g/mol. The predicted molar refractivity (Wildman–Crippen MR) is 68.2 cm³/mol. The number of fused-ring (bicyclic) bond motifs is 1.